The van der Waals surface area contributed by atoms with Gasteiger partial charge in [-0.15, -0.1) is 11.3 Å². The van der Waals surface area contributed by atoms with Crippen LogP contribution in [0.15, 0.2) is 18.3 Å². The molecular formula is C9H7NO2S2. The summed E-state index contributed by atoms with van der Waals surface area (Å²) in [6.45, 7) is 0. The number of thiophene rings is 1. The van der Waals surface area contributed by atoms with Crippen LogP contribution in [0.5, 0.6) is 5.19 Å². The molecule has 0 atom stereocenters. The van der Waals surface area contributed by atoms with Crippen LogP contribution in [0.25, 0.3) is 9.75 Å². The number of methoxy groups -OCH3 is 1. The first kappa shape index (κ1) is 9.36. The Balaban J connectivity index is 2.33. The monoisotopic (exact) mass is 225 g/mol. The van der Waals surface area contributed by atoms with Gasteiger partial charge in [-0.2, -0.15) is 0 Å². The van der Waals surface area contributed by atoms with Crippen molar-refractivity contribution in [1.29, 1.82) is 0 Å². The first-order valence-electron chi connectivity index (χ1n) is 3.88. The van der Waals surface area contributed by atoms with Gasteiger partial charge in [0.15, 0.2) is 6.29 Å². The number of aromatic nitrogens is 1. The Kier molecular flexibility index (Phi) is 2.60. The number of hydrogen-bond acceptors (Lipinski definition) is 5. The molecule has 0 saturated heterocycles. The molecule has 2 aromatic heterocycles. The number of hydrogen-bond donors (Lipinski definition) is 0. The van der Waals surface area contributed by atoms with Crippen molar-refractivity contribution in [3.8, 4) is 14.9 Å². The molecule has 2 aromatic rings. The standard InChI is InChI=1S/C9H7NO2S2/c1-12-9-10-4-8(14-9)7-3-2-6(5-11)13-7/h2-5H,1H3. The summed E-state index contributed by atoms with van der Waals surface area (Å²) in [4.78, 5) is 17.4. The number of ether oxygens (including phenoxy) is 1. The second-order valence-corrected chi connectivity index (χ2v) is 4.62. The number of carbonyl (C=O) groups excluding carboxylic acids is 1. The smallest absolute Gasteiger partial charge is 0.273 e. The maximum atomic E-state index is 10.5. The summed E-state index contributed by atoms with van der Waals surface area (Å²) in [5, 5.41) is 0.640. The molecule has 0 unspecified atom stereocenters. The predicted octanol–water partition coefficient (Wildman–Crippen LogP) is 2.69. The Morgan fingerprint density at radius 1 is 1.36 bits per heavy atom. The topological polar surface area (TPSA) is 39.2 Å². The molecule has 0 fully saturated rings. The molecule has 0 aliphatic heterocycles. The van der Waals surface area contributed by atoms with Crippen LogP contribution in [0.2, 0.25) is 0 Å². The van der Waals surface area contributed by atoms with Gasteiger partial charge >= 0.3 is 0 Å². The van der Waals surface area contributed by atoms with E-state index in [0.717, 1.165) is 20.9 Å². The van der Waals surface area contributed by atoms with Crippen LogP contribution in [0.1, 0.15) is 9.67 Å². The van der Waals surface area contributed by atoms with Gasteiger partial charge in [0.1, 0.15) is 0 Å². The predicted molar refractivity (Wildman–Crippen MR) is 57.4 cm³/mol. The first-order valence-corrected chi connectivity index (χ1v) is 5.52. The zero-order valence-corrected chi connectivity index (χ0v) is 9.02. The molecule has 0 N–H and O–H groups in total. The van der Waals surface area contributed by atoms with Crippen molar-refractivity contribution in [3.05, 3.63) is 23.2 Å². The summed E-state index contributed by atoms with van der Waals surface area (Å²) in [7, 11) is 1.59. The van der Waals surface area contributed by atoms with Crippen molar-refractivity contribution < 1.29 is 9.53 Å². The summed E-state index contributed by atoms with van der Waals surface area (Å²) < 4.78 is 4.99. The lowest BCUT2D eigenvalue weighted by atomic mass is 10.4. The van der Waals surface area contributed by atoms with E-state index in [9.17, 15) is 4.79 Å². The molecule has 3 nitrogen and oxygen atoms in total. The number of carbonyl (C=O) groups is 1. The quantitative estimate of drug-likeness (QED) is 0.754. The zero-order valence-electron chi connectivity index (χ0n) is 7.39. The van der Waals surface area contributed by atoms with E-state index >= 15 is 0 Å². The molecule has 0 radical (unpaired) electrons. The van der Waals surface area contributed by atoms with Gasteiger partial charge in [-0.05, 0) is 12.1 Å². The number of nitrogens with zero attached hydrogens (tertiary/aromatic N) is 1. The molecule has 0 bridgehead atoms. The van der Waals surface area contributed by atoms with Crippen LogP contribution in [-0.4, -0.2) is 18.4 Å². The van der Waals surface area contributed by atoms with E-state index in [1.807, 2.05) is 6.07 Å². The Morgan fingerprint density at radius 2 is 2.21 bits per heavy atom. The van der Waals surface area contributed by atoms with Gasteiger partial charge in [-0.1, -0.05) is 11.3 Å². The average Bonchev–Trinajstić information content (AvgIpc) is 2.86. The van der Waals surface area contributed by atoms with Crippen LogP contribution in [0.4, 0.5) is 0 Å². The molecule has 0 spiro atoms. The summed E-state index contributed by atoms with van der Waals surface area (Å²) in [6, 6.07) is 3.72. The van der Waals surface area contributed by atoms with Crippen molar-refractivity contribution in [2.24, 2.45) is 0 Å². The van der Waals surface area contributed by atoms with Gasteiger partial charge in [-0.25, -0.2) is 4.98 Å². The highest BCUT2D eigenvalue weighted by atomic mass is 32.1. The van der Waals surface area contributed by atoms with E-state index in [2.05, 4.69) is 4.98 Å². The Labute approximate surface area is 89.0 Å². The molecule has 0 aromatic carbocycles. The normalized spacial score (nSPS) is 10.1. The molecule has 2 rings (SSSR count). The SMILES string of the molecule is COc1ncc(-c2ccc(C=O)s2)s1. The average molecular weight is 225 g/mol. The van der Waals surface area contributed by atoms with Crippen LogP contribution >= 0.6 is 22.7 Å². The molecule has 72 valence electrons. The Bertz CT molecular complexity index is 447. The molecule has 14 heavy (non-hydrogen) atoms. The zero-order chi connectivity index (χ0) is 9.97. The maximum absolute atomic E-state index is 10.5. The number of rotatable bonds is 3. The van der Waals surface area contributed by atoms with Crippen molar-refractivity contribution in [2.45, 2.75) is 0 Å². The van der Waals surface area contributed by atoms with Crippen LogP contribution in [-0.2, 0) is 0 Å². The summed E-state index contributed by atoms with van der Waals surface area (Å²) >= 11 is 2.93. The molecule has 0 aliphatic carbocycles. The van der Waals surface area contributed by atoms with Gasteiger partial charge in [-0.3, -0.25) is 4.79 Å². The Morgan fingerprint density at radius 3 is 2.79 bits per heavy atom. The fourth-order valence-corrected chi connectivity index (χ4v) is 2.64. The van der Waals surface area contributed by atoms with E-state index in [1.165, 1.54) is 22.7 Å². The van der Waals surface area contributed by atoms with E-state index in [1.54, 1.807) is 19.4 Å². The van der Waals surface area contributed by atoms with Crippen LogP contribution < -0.4 is 4.74 Å². The third-order valence-corrected chi connectivity index (χ3v) is 3.81. The van der Waals surface area contributed by atoms with Gasteiger partial charge in [0.25, 0.3) is 5.19 Å². The molecular weight excluding hydrogens is 218 g/mol. The van der Waals surface area contributed by atoms with Crippen molar-refractivity contribution in [1.82, 2.24) is 4.98 Å². The number of thiazole rings is 1. The van der Waals surface area contributed by atoms with Crippen molar-refractivity contribution >= 4 is 29.0 Å². The first-order chi connectivity index (χ1) is 6.83. The minimum Gasteiger partial charge on any atom is -0.473 e. The minimum absolute atomic E-state index is 0.640. The molecule has 0 amide bonds. The van der Waals surface area contributed by atoms with Crippen LogP contribution in [0.3, 0.4) is 0 Å². The van der Waals surface area contributed by atoms with Gasteiger partial charge in [0.05, 0.1) is 23.1 Å². The molecule has 0 saturated carbocycles. The van der Waals surface area contributed by atoms with Crippen molar-refractivity contribution in [2.75, 3.05) is 7.11 Å². The number of aldehydes is 1. The summed E-state index contributed by atoms with van der Waals surface area (Å²) in [6.07, 6.45) is 2.61. The highest BCUT2D eigenvalue weighted by molar-refractivity contribution is 7.23. The summed E-state index contributed by atoms with van der Waals surface area (Å²) in [5.74, 6) is 0. The van der Waals surface area contributed by atoms with Gasteiger partial charge in [0.2, 0.25) is 0 Å². The van der Waals surface area contributed by atoms with E-state index in [4.69, 9.17) is 4.74 Å². The lowest BCUT2D eigenvalue weighted by Gasteiger charge is -1.87. The second kappa shape index (κ2) is 3.89. The lowest BCUT2D eigenvalue weighted by Crippen LogP contribution is -1.76. The largest absolute Gasteiger partial charge is 0.473 e. The second-order valence-electron chi connectivity index (χ2n) is 2.51. The summed E-state index contributed by atoms with van der Waals surface area (Å²) in [5.41, 5.74) is 0. The van der Waals surface area contributed by atoms with E-state index in [-0.39, 0.29) is 0 Å². The van der Waals surface area contributed by atoms with Gasteiger partial charge < -0.3 is 4.74 Å². The minimum atomic E-state index is 0.640. The highest BCUT2D eigenvalue weighted by Crippen LogP contribution is 2.34. The molecule has 5 heteroatoms. The van der Waals surface area contributed by atoms with E-state index < -0.39 is 0 Å². The maximum Gasteiger partial charge on any atom is 0.273 e. The van der Waals surface area contributed by atoms with Crippen LogP contribution in [0, 0.1) is 0 Å². The lowest BCUT2D eigenvalue weighted by molar-refractivity contribution is 0.112. The van der Waals surface area contributed by atoms with E-state index in [0.29, 0.717) is 5.19 Å². The van der Waals surface area contributed by atoms with Crippen molar-refractivity contribution in [3.63, 3.8) is 0 Å². The molecule has 2 heterocycles. The fourth-order valence-electron chi connectivity index (χ4n) is 1.01. The van der Waals surface area contributed by atoms with Gasteiger partial charge in [0, 0.05) is 4.88 Å². The highest BCUT2D eigenvalue weighted by Gasteiger charge is 2.06. The third-order valence-electron chi connectivity index (χ3n) is 1.64. The third kappa shape index (κ3) is 1.69. The fraction of sp³-hybridized carbons (Fsp3) is 0.111. The molecule has 0 aliphatic rings. The Hall–Kier alpha value is -1.20.